The van der Waals surface area contributed by atoms with Gasteiger partial charge in [0.1, 0.15) is 5.82 Å². The van der Waals surface area contributed by atoms with Crippen molar-refractivity contribution in [1.29, 1.82) is 0 Å². The van der Waals surface area contributed by atoms with Gasteiger partial charge in [-0.1, -0.05) is 0 Å². The Kier molecular flexibility index (Phi) is 1.79. The first-order chi connectivity index (χ1) is 5.77. The Morgan fingerprint density at radius 3 is 2.75 bits per heavy atom. The van der Waals surface area contributed by atoms with Crippen molar-refractivity contribution in [1.82, 2.24) is 9.97 Å². The molecule has 3 heteroatoms. The highest BCUT2D eigenvalue weighted by molar-refractivity contribution is 5.21. The lowest BCUT2D eigenvalue weighted by Crippen LogP contribution is -2.11. The molecule has 0 saturated heterocycles. The Morgan fingerprint density at radius 1 is 1.17 bits per heavy atom. The standard InChI is InChI=1S/C9H11FN2/c1-6-11-8-5-3-2-4-7(8)9(10)12-6/h2-5H2,1H3. The van der Waals surface area contributed by atoms with Crippen molar-refractivity contribution in [2.45, 2.75) is 32.6 Å². The molecule has 0 radical (unpaired) electrons. The van der Waals surface area contributed by atoms with Gasteiger partial charge in [-0.15, -0.1) is 0 Å². The Morgan fingerprint density at radius 2 is 1.92 bits per heavy atom. The third-order valence-electron chi connectivity index (χ3n) is 2.24. The lowest BCUT2D eigenvalue weighted by atomic mass is 9.97. The summed E-state index contributed by atoms with van der Waals surface area (Å²) in [4.78, 5) is 7.93. The third kappa shape index (κ3) is 1.19. The summed E-state index contributed by atoms with van der Waals surface area (Å²) in [5.74, 6) is 0.241. The first-order valence-corrected chi connectivity index (χ1v) is 4.29. The summed E-state index contributed by atoms with van der Waals surface area (Å²) in [7, 11) is 0. The van der Waals surface area contributed by atoms with E-state index in [1.807, 2.05) is 0 Å². The van der Waals surface area contributed by atoms with E-state index < -0.39 is 0 Å². The van der Waals surface area contributed by atoms with Crippen molar-refractivity contribution in [2.24, 2.45) is 0 Å². The molecule has 1 aliphatic rings. The number of hydrogen-bond acceptors (Lipinski definition) is 2. The summed E-state index contributed by atoms with van der Waals surface area (Å²) in [6, 6.07) is 0. The average Bonchev–Trinajstić information content (AvgIpc) is 2.04. The van der Waals surface area contributed by atoms with E-state index in [4.69, 9.17) is 0 Å². The van der Waals surface area contributed by atoms with Crippen LogP contribution in [0.1, 0.15) is 29.9 Å². The van der Waals surface area contributed by atoms with Crippen molar-refractivity contribution in [3.05, 3.63) is 23.0 Å². The molecule has 0 aliphatic heterocycles. The van der Waals surface area contributed by atoms with Crippen LogP contribution in [0.15, 0.2) is 0 Å². The fourth-order valence-corrected chi connectivity index (χ4v) is 1.66. The highest BCUT2D eigenvalue weighted by atomic mass is 19.1. The van der Waals surface area contributed by atoms with E-state index in [9.17, 15) is 4.39 Å². The molecule has 0 atom stereocenters. The minimum absolute atomic E-state index is 0.308. The van der Waals surface area contributed by atoms with Crippen LogP contribution >= 0.6 is 0 Å². The number of fused-ring (bicyclic) bond motifs is 1. The van der Waals surface area contributed by atoms with E-state index >= 15 is 0 Å². The molecule has 0 N–H and O–H groups in total. The highest BCUT2D eigenvalue weighted by Gasteiger charge is 2.15. The molecule has 2 nitrogen and oxygen atoms in total. The molecule has 1 aromatic heterocycles. The zero-order valence-electron chi connectivity index (χ0n) is 7.10. The molecule has 1 aliphatic carbocycles. The van der Waals surface area contributed by atoms with Crippen LogP contribution < -0.4 is 0 Å². The molecule has 64 valence electrons. The average molecular weight is 166 g/mol. The van der Waals surface area contributed by atoms with Gasteiger partial charge in [0.25, 0.3) is 0 Å². The van der Waals surface area contributed by atoms with Gasteiger partial charge in [0.15, 0.2) is 0 Å². The Hall–Kier alpha value is -0.990. The lowest BCUT2D eigenvalue weighted by Gasteiger charge is -2.14. The fourth-order valence-electron chi connectivity index (χ4n) is 1.66. The molecular weight excluding hydrogens is 155 g/mol. The van der Waals surface area contributed by atoms with E-state index in [1.165, 1.54) is 0 Å². The van der Waals surface area contributed by atoms with Crippen LogP contribution in [0, 0.1) is 12.9 Å². The Bertz CT molecular complexity index is 310. The van der Waals surface area contributed by atoms with E-state index in [1.54, 1.807) is 6.92 Å². The van der Waals surface area contributed by atoms with Gasteiger partial charge in [0.05, 0.1) is 5.69 Å². The molecule has 12 heavy (non-hydrogen) atoms. The monoisotopic (exact) mass is 166 g/mol. The fraction of sp³-hybridized carbons (Fsp3) is 0.556. The quantitative estimate of drug-likeness (QED) is 0.549. The molecule has 0 fully saturated rings. The second-order valence-electron chi connectivity index (χ2n) is 3.19. The summed E-state index contributed by atoms with van der Waals surface area (Å²) >= 11 is 0. The van der Waals surface area contributed by atoms with Crippen LogP contribution in [0.3, 0.4) is 0 Å². The van der Waals surface area contributed by atoms with Crippen molar-refractivity contribution in [2.75, 3.05) is 0 Å². The molecule has 0 saturated carbocycles. The smallest absolute Gasteiger partial charge is 0.219 e. The van der Waals surface area contributed by atoms with Crippen LogP contribution in [0.2, 0.25) is 0 Å². The molecule has 0 spiro atoms. The van der Waals surface area contributed by atoms with Crippen molar-refractivity contribution >= 4 is 0 Å². The summed E-state index contributed by atoms with van der Waals surface area (Å²) < 4.78 is 13.2. The minimum Gasteiger partial charge on any atom is -0.238 e. The van der Waals surface area contributed by atoms with Gasteiger partial charge >= 0.3 is 0 Å². The van der Waals surface area contributed by atoms with Gasteiger partial charge in [-0.3, -0.25) is 0 Å². The molecule has 0 bridgehead atoms. The van der Waals surface area contributed by atoms with Gasteiger partial charge in [-0.2, -0.15) is 4.39 Å². The van der Waals surface area contributed by atoms with Crippen LogP contribution in [0.5, 0.6) is 0 Å². The first-order valence-electron chi connectivity index (χ1n) is 4.29. The second-order valence-corrected chi connectivity index (χ2v) is 3.19. The summed E-state index contributed by atoms with van der Waals surface area (Å²) in [5, 5.41) is 0. The Balaban J connectivity index is 2.53. The zero-order chi connectivity index (χ0) is 8.55. The number of aromatic nitrogens is 2. The molecule has 1 heterocycles. The molecule has 0 aromatic carbocycles. The van der Waals surface area contributed by atoms with E-state index in [-0.39, 0.29) is 5.95 Å². The maximum absolute atomic E-state index is 13.2. The van der Waals surface area contributed by atoms with E-state index in [0.717, 1.165) is 36.9 Å². The first kappa shape index (κ1) is 7.65. The minimum atomic E-state index is -0.308. The van der Waals surface area contributed by atoms with Crippen molar-refractivity contribution < 1.29 is 4.39 Å². The maximum atomic E-state index is 13.2. The normalized spacial score (nSPS) is 15.8. The van der Waals surface area contributed by atoms with Crippen molar-refractivity contribution in [3.63, 3.8) is 0 Å². The van der Waals surface area contributed by atoms with Gasteiger partial charge < -0.3 is 0 Å². The zero-order valence-corrected chi connectivity index (χ0v) is 7.10. The summed E-state index contributed by atoms with van der Waals surface area (Å²) in [6.45, 7) is 1.73. The van der Waals surface area contributed by atoms with Gasteiger partial charge in [0, 0.05) is 5.56 Å². The molecule has 2 rings (SSSR count). The highest BCUT2D eigenvalue weighted by Crippen LogP contribution is 2.20. The number of rotatable bonds is 0. The van der Waals surface area contributed by atoms with Gasteiger partial charge in [-0.25, -0.2) is 9.97 Å². The Labute approximate surface area is 70.9 Å². The lowest BCUT2D eigenvalue weighted by molar-refractivity contribution is 0.527. The summed E-state index contributed by atoms with van der Waals surface area (Å²) in [6.07, 6.45) is 3.91. The van der Waals surface area contributed by atoms with Crippen molar-refractivity contribution in [3.8, 4) is 0 Å². The van der Waals surface area contributed by atoms with Crippen LogP contribution in [0.25, 0.3) is 0 Å². The summed E-state index contributed by atoms with van der Waals surface area (Å²) in [5.41, 5.74) is 1.66. The number of halogens is 1. The third-order valence-corrected chi connectivity index (χ3v) is 2.24. The molecule has 0 unspecified atom stereocenters. The number of nitrogens with zero attached hydrogens (tertiary/aromatic N) is 2. The molecule has 1 aromatic rings. The molecule has 0 amide bonds. The maximum Gasteiger partial charge on any atom is 0.219 e. The second kappa shape index (κ2) is 2.81. The largest absolute Gasteiger partial charge is 0.238 e. The predicted octanol–water partition coefficient (Wildman–Crippen LogP) is 1.80. The van der Waals surface area contributed by atoms with E-state index in [0.29, 0.717) is 5.82 Å². The van der Waals surface area contributed by atoms with E-state index in [2.05, 4.69) is 9.97 Å². The van der Waals surface area contributed by atoms with Crippen LogP contribution in [-0.4, -0.2) is 9.97 Å². The van der Waals surface area contributed by atoms with Gasteiger partial charge in [0.2, 0.25) is 5.95 Å². The number of aryl methyl sites for hydroxylation is 2. The van der Waals surface area contributed by atoms with Crippen LogP contribution in [-0.2, 0) is 12.8 Å². The number of hydrogen-bond donors (Lipinski definition) is 0. The van der Waals surface area contributed by atoms with Crippen LogP contribution in [0.4, 0.5) is 4.39 Å². The topological polar surface area (TPSA) is 25.8 Å². The van der Waals surface area contributed by atoms with Gasteiger partial charge in [-0.05, 0) is 32.6 Å². The predicted molar refractivity (Wildman–Crippen MR) is 43.4 cm³/mol. The SMILES string of the molecule is Cc1nc(F)c2c(n1)CCCC2. The molecular formula is C9H11FN2.